The highest BCUT2D eigenvalue weighted by Gasteiger charge is 2.32. The monoisotopic (exact) mass is 383 g/mol. The normalized spacial score (nSPS) is 19.5. The smallest absolute Gasteiger partial charge is 0.146 e. The van der Waals surface area contributed by atoms with E-state index in [4.69, 9.17) is 0 Å². The van der Waals surface area contributed by atoms with Gasteiger partial charge in [-0.2, -0.15) is 11.8 Å². The number of thiophene rings is 1. The highest BCUT2D eigenvalue weighted by atomic mass is 32.2. The third-order valence-corrected chi connectivity index (χ3v) is 8.10. The SMILES string of the molecule is CC(c1cccs1)N(c1ccc2ccccc2c1O)C(C)C1CCCS1. The van der Waals surface area contributed by atoms with E-state index in [0.29, 0.717) is 17.0 Å². The molecule has 0 bridgehead atoms. The van der Waals surface area contributed by atoms with Gasteiger partial charge in [0.25, 0.3) is 0 Å². The standard InChI is InChI=1S/C22H25NOS2/c1-15(20-9-5-13-25-20)23(16(2)21-10-6-14-26-21)19-12-11-17-7-3-4-8-18(17)22(19)24/h3-5,7-9,11-13,15-16,21,24H,6,10,14H2,1-2H3. The number of phenols is 1. The summed E-state index contributed by atoms with van der Waals surface area (Å²) in [5.74, 6) is 1.65. The average Bonchev–Trinajstić information content (AvgIpc) is 3.37. The molecule has 26 heavy (non-hydrogen) atoms. The zero-order chi connectivity index (χ0) is 18.1. The van der Waals surface area contributed by atoms with Gasteiger partial charge < -0.3 is 10.0 Å². The Labute approximate surface area is 163 Å². The molecule has 0 radical (unpaired) electrons. The molecule has 4 rings (SSSR count). The topological polar surface area (TPSA) is 23.5 Å². The lowest BCUT2D eigenvalue weighted by atomic mass is 10.0. The summed E-state index contributed by atoms with van der Waals surface area (Å²) in [7, 11) is 0. The second-order valence-corrected chi connectivity index (χ2v) is 9.37. The first-order chi connectivity index (χ1) is 12.7. The largest absolute Gasteiger partial charge is 0.505 e. The molecule has 1 aromatic heterocycles. The Bertz CT molecular complexity index is 871. The lowest BCUT2D eigenvalue weighted by molar-refractivity contribution is 0.468. The number of benzene rings is 2. The Morgan fingerprint density at radius 1 is 1.08 bits per heavy atom. The summed E-state index contributed by atoms with van der Waals surface area (Å²) in [6, 6.07) is 17.2. The Morgan fingerprint density at radius 2 is 1.92 bits per heavy atom. The van der Waals surface area contributed by atoms with Crippen molar-refractivity contribution in [3.05, 3.63) is 58.8 Å². The van der Waals surface area contributed by atoms with Crippen molar-refractivity contribution < 1.29 is 5.11 Å². The van der Waals surface area contributed by atoms with Gasteiger partial charge in [0.05, 0.1) is 11.7 Å². The molecule has 0 aliphatic carbocycles. The van der Waals surface area contributed by atoms with E-state index < -0.39 is 0 Å². The molecule has 2 heterocycles. The van der Waals surface area contributed by atoms with E-state index in [0.717, 1.165) is 16.5 Å². The predicted octanol–water partition coefficient (Wildman–Crippen LogP) is 6.46. The van der Waals surface area contributed by atoms with E-state index in [-0.39, 0.29) is 6.04 Å². The zero-order valence-electron chi connectivity index (χ0n) is 15.3. The zero-order valence-corrected chi connectivity index (χ0v) is 16.9. The maximum atomic E-state index is 11.1. The maximum absolute atomic E-state index is 11.1. The first kappa shape index (κ1) is 17.7. The fraction of sp³-hybridized carbons (Fsp3) is 0.364. The van der Waals surface area contributed by atoms with Crippen LogP contribution >= 0.6 is 23.1 Å². The van der Waals surface area contributed by atoms with E-state index in [1.807, 2.05) is 18.2 Å². The van der Waals surface area contributed by atoms with Gasteiger partial charge in [-0.25, -0.2) is 0 Å². The van der Waals surface area contributed by atoms with E-state index in [1.54, 1.807) is 11.3 Å². The van der Waals surface area contributed by atoms with Crippen LogP contribution in [0.3, 0.4) is 0 Å². The van der Waals surface area contributed by atoms with Crippen molar-refractivity contribution in [2.24, 2.45) is 0 Å². The molecule has 1 N–H and O–H groups in total. The van der Waals surface area contributed by atoms with Gasteiger partial charge in [0.1, 0.15) is 5.75 Å². The van der Waals surface area contributed by atoms with E-state index in [1.165, 1.54) is 23.5 Å². The molecular weight excluding hydrogens is 358 g/mol. The van der Waals surface area contributed by atoms with Crippen LogP contribution in [0.25, 0.3) is 10.8 Å². The Hall–Kier alpha value is -1.65. The molecule has 3 aromatic rings. The van der Waals surface area contributed by atoms with Gasteiger partial charge in [-0.3, -0.25) is 0 Å². The lowest BCUT2D eigenvalue weighted by Crippen LogP contribution is -2.41. The Morgan fingerprint density at radius 3 is 2.65 bits per heavy atom. The Balaban J connectivity index is 1.80. The molecule has 136 valence electrons. The number of aromatic hydroxyl groups is 1. The molecule has 3 atom stereocenters. The molecule has 1 aliphatic heterocycles. The number of nitrogens with zero attached hydrogens (tertiary/aromatic N) is 1. The minimum Gasteiger partial charge on any atom is -0.505 e. The van der Waals surface area contributed by atoms with E-state index in [2.05, 4.69) is 66.2 Å². The van der Waals surface area contributed by atoms with Crippen LogP contribution in [0.5, 0.6) is 5.75 Å². The molecule has 1 fully saturated rings. The van der Waals surface area contributed by atoms with E-state index in [9.17, 15) is 5.11 Å². The molecule has 2 nitrogen and oxygen atoms in total. The molecule has 0 spiro atoms. The summed E-state index contributed by atoms with van der Waals surface area (Å²) in [6.07, 6.45) is 2.55. The first-order valence-corrected chi connectivity index (χ1v) is 11.2. The Kier molecular flexibility index (Phi) is 5.14. The molecule has 1 aliphatic rings. The quantitative estimate of drug-likeness (QED) is 0.547. The number of thioether (sulfide) groups is 1. The number of hydrogen-bond donors (Lipinski definition) is 1. The van der Waals surface area contributed by atoms with Crippen LogP contribution in [0.15, 0.2) is 53.9 Å². The van der Waals surface area contributed by atoms with Gasteiger partial charge in [-0.05, 0) is 55.3 Å². The van der Waals surface area contributed by atoms with Crippen molar-refractivity contribution in [3.8, 4) is 5.75 Å². The molecule has 2 aromatic carbocycles. The number of phenolic OH excluding ortho intramolecular Hbond substituents is 1. The van der Waals surface area contributed by atoms with Crippen LogP contribution in [0.2, 0.25) is 0 Å². The summed E-state index contributed by atoms with van der Waals surface area (Å²) in [5, 5.41) is 15.9. The fourth-order valence-electron chi connectivity index (χ4n) is 4.06. The van der Waals surface area contributed by atoms with Gasteiger partial charge in [-0.1, -0.05) is 36.4 Å². The minimum absolute atomic E-state index is 0.235. The molecule has 0 saturated carbocycles. The second-order valence-electron chi connectivity index (χ2n) is 7.05. The van der Waals surface area contributed by atoms with Crippen LogP contribution in [-0.2, 0) is 0 Å². The van der Waals surface area contributed by atoms with Crippen LogP contribution < -0.4 is 4.90 Å². The molecule has 1 saturated heterocycles. The van der Waals surface area contributed by atoms with Gasteiger partial charge in [0.2, 0.25) is 0 Å². The second kappa shape index (κ2) is 7.53. The maximum Gasteiger partial charge on any atom is 0.146 e. The highest BCUT2D eigenvalue weighted by molar-refractivity contribution is 8.00. The van der Waals surface area contributed by atoms with Crippen molar-refractivity contribution in [2.45, 2.75) is 44.0 Å². The number of anilines is 1. The van der Waals surface area contributed by atoms with Gasteiger partial charge >= 0.3 is 0 Å². The summed E-state index contributed by atoms with van der Waals surface area (Å²) in [6.45, 7) is 4.58. The van der Waals surface area contributed by atoms with Crippen LogP contribution in [0, 0.1) is 0 Å². The third kappa shape index (κ3) is 3.21. The summed E-state index contributed by atoms with van der Waals surface area (Å²) in [4.78, 5) is 3.78. The third-order valence-electron chi connectivity index (χ3n) is 5.47. The average molecular weight is 384 g/mol. The lowest BCUT2D eigenvalue weighted by Gasteiger charge is -2.39. The summed E-state index contributed by atoms with van der Waals surface area (Å²) in [5.41, 5.74) is 0.949. The fourth-order valence-corrected chi connectivity index (χ4v) is 6.22. The first-order valence-electron chi connectivity index (χ1n) is 9.31. The predicted molar refractivity (Wildman–Crippen MR) is 116 cm³/mol. The molecule has 3 unspecified atom stereocenters. The summed E-state index contributed by atoms with van der Waals surface area (Å²) < 4.78 is 0. The van der Waals surface area contributed by atoms with Crippen molar-refractivity contribution in [2.75, 3.05) is 10.7 Å². The van der Waals surface area contributed by atoms with Gasteiger partial charge in [0, 0.05) is 21.6 Å². The van der Waals surface area contributed by atoms with Crippen LogP contribution in [0.1, 0.15) is 37.6 Å². The van der Waals surface area contributed by atoms with Crippen molar-refractivity contribution in [3.63, 3.8) is 0 Å². The van der Waals surface area contributed by atoms with Crippen molar-refractivity contribution >= 4 is 39.6 Å². The highest BCUT2D eigenvalue weighted by Crippen LogP contribution is 2.43. The number of hydrogen-bond acceptors (Lipinski definition) is 4. The van der Waals surface area contributed by atoms with Gasteiger partial charge in [-0.15, -0.1) is 11.3 Å². The van der Waals surface area contributed by atoms with Gasteiger partial charge in [0.15, 0.2) is 0 Å². The number of fused-ring (bicyclic) bond motifs is 1. The summed E-state index contributed by atoms with van der Waals surface area (Å²) >= 11 is 3.87. The molecule has 4 heteroatoms. The number of rotatable bonds is 5. The van der Waals surface area contributed by atoms with Crippen LogP contribution in [0.4, 0.5) is 5.69 Å². The van der Waals surface area contributed by atoms with Crippen molar-refractivity contribution in [1.29, 1.82) is 0 Å². The molecule has 0 amide bonds. The van der Waals surface area contributed by atoms with Crippen LogP contribution in [-0.4, -0.2) is 22.2 Å². The van der Waals surface area contributed by atoms with E-state index >= 15 is 0 Å². The molecular formula is C22H25NOS2. The minimum atomic E-state index is 0.235. The van der Waals surface area contributed by atoms with Crippen molar-refractivity contribution in [1.82, 2.24) is 0 Å².